The maximum atomic E-state index is 12.7. The number of para-hydroxylation sites is 1. The summed E-state index contributed by atoms with van der Waals surface area (Å²) in [6, 6.07) is 21.9. The number of anilines is 1. The summed E-state index contributed by atoms with van der Waals surface area (Å²) in [6.07, 6.45) is 1.45. The lowest BCUT2D eigenvalue weighted by Crippen LogP contribution is -2.35. The number of halogens is 1. The maximum absolute atomic E-state index is 12.7. The number of hydrogen-bond donors (Lipinski definition) is 1. The van der Waals surface area contributed by atoms with Gasteiger partial charge in [0.05, 0.1) is 16.3 Å². The van der Waals surface area contributed by atoms with Gasteiger partial charge < -0.3 is 4.74 Å². The smallest absolute Gasteiger partial charge is 0.345 e. The predicted molar refractivity (Wildman–Crippen MR) is 113 cm³/mol. The van der Waals surface area contributed by atoms with Gasteiger partial charge in [0, 0.05) is 0 Å². The highest BCUT2D eigenvalue weighted by Gasteiger charge is 2.34. The van der Waals surface area contributed by atoms with Crippen LogP contribution < -0.4 is 15.2 Å². The molecule has 1 aliphatic heterocycles. The fraction of sp³-hybridized carbons (Fsp3) is 0. The summed E-state index contributed by atoms with van der Waals surface area (Å²) in [5.41, 5.74) is 3.86. The molecule has 0 bridgehead atoms. The Morgan fingerprint density at radius 3 is 2.43 bits per heavy atom. The maximum Gasteiger partial charge on any atom is 0.345 e. The van der Waals surface area contributed by atoms with Gasteiger partial charge in [0.2, 0.25) is 0 Å². The minimum atomic E-state index is -0.602. The summed E-state index contributed by atoms with van der Waals surface area (Å²) < 4.78 is 5.38. The van der Waals surface area contributed by atoms with Gasteiger partial charge in [-0.05, 0) is 48.0 Å². The number of carbonyl (C=O) groups excluding carboxylic acids is 3. The molecule has 1 fully saturated rings. The first-order valence-electron chi connectivity index (χ1n) is 9.02. The standard InChI is InChI=1S/C23H15ClN2O4/c24-20-12-5-4-11-18(20)23(29)30-17-10-6-7-15(13-17)14-19-21(27)25-26(22(19)28)16-8-2-1-3-9-16/h1-14H,(H,25,27). The van der Waals surface area contributed by atoms with Crippen LogP contribution in [0.1, 0.15) is 15.9 Å². The molecule has 1 N–H and O–H groups in total. The molecular weight excluding hydrogens is 404 g/mol. The summed E-state index contributed by atoms with van der Waals surface area (Å²) in [7, 11) is 0. The number of carbonyl (C=O) groups is 3. The van der Waals surface area contributed by atoms with Crippen molar-refractivity contribution in [3.8, 4) is 5.75 Å². The van der Waals surface area contributed by atoms with Gasteiger partial charge in [-0.15, -0.1) is 0 Å². The van der Waals surface area contributed by atoms with Crippen molar-refractivity contribution in [3.63, 3.8) is 0 Å². The number of ether oxygens (including phenoxy) is 1. The number of rotatable bonds is 4. The Morgan fingerprint density at radius 2 is 1.67 bits per heavy atom. The van der Waals surface area contributed by atoms with E-state index in [2.05, 4.69) is 5.43 Å². The van der Waals surface area contributed by atoms with Crippen LogP contribution in [-0.2, 0) is 9.59 Å². The second kappa shape index (κ2) is 8.23. The Hall–Kier alpha value is -3.90. The molecule has 3 aromatic carbocycles. The number of hydrogen-bond acceptors (Lipinski definition) is 4. The van der Waals surface area contributed by atoms with E-state index in [9.17, 15) is 14.4 Å². The number of amides is 2. The number of hydrazine groups is 1. The van der Waals surface area contributed by atoms with Crippen molar-refractivity contribution >= 4 is 41.1 Å². The first kappa shape index (κ1) is 19.4. The van der Waals surface area contributed by atoms with E-state index in [1.54, 1.807) is 72.8 Å². The normalized spacial score (nSPS) is 14.7. The molecule has 0 atom stereocenters. The number of esters is 1. The lowest BCUT2D eigenvalue weighted by atomic mass is 10.1. The van der Waals surface area contributed by atoms with Crippen molar-refractivity contribution in [2.24, 2.45) is 0 Å². The first-order valence-corrected chi connectivity index (χ1v) is 9.40. The minimum Gasteiger partial charge on any atom is -0.423 e. The first-order chi connectivity index (χ1) is 14.5. The minimum absolute atomic E-state index is 0.0200. The monoisotopic (exact) mass is 418 g/mol. The lowest BCUT2D eigenvalue weighted by Gasteiger charge is -2.13. The fourth-order valence-electron chi connectivity index (χ4n) is 2.94. The van der Waals surface area contributed by atoms with Crippen molar-refractivity contribution in [1.82, 2.24) is 5.43 Å². The molecule has 0 saturated carbocycles. The van der Waals surface area contributed by atoms with Gasteiger partial charge in [-0.2, -0.15) is 0 Å². The number of benzene rings is 3. The Bertz CT molecular complexity index is 1170. The van der Waals surface area contributed by atoms with Crippen LogP contribution in [0.25, 0.3) is 6.08 Å². The molecule has 4 rings (SSSR count). The Kier molecular flexibility index (Phi) is 5.32. The van der Waals surface area contributed by atoms with E-state index in [-0.39, 0.29) is 21.9 Å². The second-order valence-electron chi connectivity index (χ2n) is 6.42. The van der Waals surface area contributed by atoms with Crippen LogP contribution in [0.15, 0.2) is 84.4 Å². The van der Waals surface area contributed by atoms with E-state index < -0.39 is 17.8 Å². The van der Waals surface area contributed by atoms with Gasteiger partial charge in [0.1, 0.15) is 11.3 Å². The Morgan fingerprint density at radius 1 is 0.933 bits per heavy atom. The summed E-state index contributed by atoms with van der Waals surface area (Å²) in [5, 5.41) is 1.48. The zero-order chi connectivity index (χ0) is 21.1. The van der Waals surface area contributed by atoms with Gasteiger partial charge in [0.25, 0.3) is 11.8 Å². The molecule has 3 aromatic rings. The van der Waals surface area contributed by atoms with Crippen LogP contribution in [0.5, 0.6) is 5.75 Å². The number of nitrogens with zero attached hydrogens (tertiary/aromatic N) is 1. The van der Waals surface area contributed by atoms with Gasteiger partial charge in [-0.25, -0.2) is 9.80 Å². The van der Waals surface area contributed by atoms with Crippen molar-refractivity contribution < 1.29 is 19.1 Å². The molecule has 2 amide bonds. The molecular formula is C23H15ClN2O4. The third-order valence-electron chi connectivity index (χ3n) is 4.38. The molecule has 30 heavy (non-hydrogen) atoms. The Balaban J connectivity index is 1.56. The third kappa shape index (κ3) is 3.94. The molecule has 0 unspecified atom stereocenters. The second-order valence-corrected chi connectivity index (χ2v) is 6.82. The van der Waals surface area contributed by atoms with Crippen LogP contribution in [-0.4, -0.2) is 17.8 Å². The molecule has 0 radical (unpaired) electrons. The van der Waals surface area contributed by atoms with Crippen LogP contribution >= 0.6 is 11.6 Å². The van der Waals surface area contributed by atoms with E-state index in [0.717, 1.165) is 0 Å². The Labute approximate surface area is 177 Å². The lowest BCUT2D eigenvalue weighted by molar-refractivity contribution is -0.117. The zero-order valence-corrected chi connectivity index (χ0v) is 16.3. The average molecular weight is 419 g/mol. The highest BCUT2D eigenvalue weighted by molar-refractivity contribution is 6.33. The van der Waals surface area contributed by atoms with Crippen molar-refractivity contribution in [2.75, 3.05) is 5.01 Å². The molecule has 148 valence electrons. The van der Waals surface area contributed by atoms with Crippen LogP contribution in [0, 0.1) is 0 Å². The van der Waals surface area contributed by atoms with Crippen LogP contribution in [0.2, 0.25) is 5.02 Å². The van der Waals surface area contributed by atoms with E-state index >= 15 is 0 Å². The quantitative estimate of drug-likeness (QED) is 0.300. The van der Waals surface area contributed by atoms with Crippen molar-refractivity contribution in [3.05, 3.63) is 101 Å². The summed E-state index contributed by atoms with van der Waals surface area (Å²) in [4.78, 5) is 37.3. The topological polar surface area (TPSA) is 75.7 Å². The van der Waals surface area contributed by atoms with Crippen LogP contribution in [0.3, 0.4) is 0 Å². The highest BCUT2D eigenvalue weighted by Crippen LogP contribution is 2.23. The van der Waals surface area contributed by atoms with Crippen molar-refractivity contribution in [2.45, 2.75) is 0 Å². The third-order valence-corrected chi connectivity index (χ3v) is 4.71. The number of nitrogens with one attached hydrogen (secondary N) is 1. The molecule has 0 aromatic heterocycles. The van der Waals surface area contributed by atoms with Crippen molar-refractivity contribution in [1.29, 1.82) is 0 Å². The highest BCUT2D eigenvalue weighted by atomic mass is 35.5. The van der Waals surface area contributed by atoms with E-state index in [1.165, 1.54) is 11.1 Å². The van der Waals surface area contributed by atoms with E-state index in [4.69, 9.17) is 16.3 Å². The molecule has 1 saturated heterocycles. The SMILES string of the molecule is O=C1NN(c2ccccc2)C(=O)C1=Cc1cccc(OC(=O)c2ccccc2Cl)c1. The fourth-order valence-corrected chi connectivity index (χ4v) is 3.15. The summed E-state index contributed by atoms with van der Waals surface area (Å²) in [6.45, 7) is 0. The van der Waals surface area contributed by atoms with Gasteiger partial charge >= 0.3 is 5.97 Å². The molecule has 0 aliphatic carbocycles. The molecule has 6 nitrogen and oxygen atoms in total. The van der Waals surface area contributed by atoms with Gasteiger partial charge in [0.15, 0.2) is 0 Å². The summed E-state index contributed by atoms with van der Waals surface area (Å²) in [5.74, 6) is -1.32. The molecule has 7 heteroatoms. The summed E-state index contributed by atoms with van der Waals surface area (Å²) >= 11 is 6.03. The predicted octanol–water partition coefficient (Wildman–Crippen LogP) is 4.02. The largest absolute Gasteiger partial charge is 0.423 e. The van der Waals surface area contributed by atoms with Gasteiger partial charge in [-0.1, -0.05) is 54.1 Å². The zero-order valence-electron chi connectivity index (χ0n) is 15.5. The average Bonchev–Trinajstić information content (AvgIpc) is 3.03. The molecule has 0 spiro atoms. The van der Waals surface area contributed by atoms with Crippen LogP contribution in [0.4, 0.5) is 5.69 Å². The van der Waals surface area contributed by atoms with E-state index in [0.29, 0.717) is 11.3 Å². The van der Waals surface area contributed by atoms with E-state index in [1.807, 2.05) is 6.07 Å². The molecule has 1 aliphatic rings. The van der Waals surface area contributed by atoms with Gasteiger partial charge in [-0.3, -0.25) is 15.0 Å². The molecule has 1 heterocycles.